The lowest BCUT2D eigenvalue weighted by Gasteiger charge is -2.19. The maximum atomic E-state index is 12.1. The molecule has 0 aromatic heterocycles. The number of hydrogen-bond donors (Lipinski definition) is 1. The largest absolute Gasteiger partial charge is 0.385 e. The summed E-state index contributed by atoms with van der Waals surface area (Å²) in [4.78, 5) is 12.1. The second kappa shape index (κ2) is 9.67. The number of aliphatic hydroxyl groups excluding tert-OH is 1. The van der Waals surface area contributed by atoms with Crippen molar-refractivity contribution in [3.05, 3.63) is 35.9 Å². The molecule has 3 nitrogen and oxygen atoms in total. The molecule has 0 saturated carbocycles. The van der Waals surface area contributed by atoms with Gasteiger partial charge in [0.15, 0.2) is 5.78 Å². The van der Waals surface area contributed by atoms with Gasteiger partial charge >= 0.3 is 0 Å². The summed E-state index contributed by atoms with van der Waals surface area (Å²) < 4.78 is 5.74. The van der Waals surface area contributed by atoms with E-state index in [0.29, 0.717) is 18.6 Å². The van der Waals surface area contributed by atoms with Crippen molar-refractivity contribution >= 4 is 5.78 Å². The van der Waals surface area contributed by atoms with Crippen LogP contribution in [0.1, 0.15) is 56.3 Å². The Morgan fingerprint density at radius 1 is 1.20 bits per heavy atom. The van der Waals surface area contributed by atoms with Gasteiger partial charge in [0.2, 0.25) is 0 Å². The summed E-state index contributed by atoms with van der Waals surface area (Å²) in [6, 6.07) is 8.93. The maximum Gasteiger partial charge on any atom is 0.191 e. The van der Waals surface area contributed by atoms with Crippen LogP contribution in [0.15, 0.2) is 30.3 Å². The molecule has 1 aromatic rings. The highest BCUT2D eigenvalue weighted by Gasteiger charge is 2.21. The van der Waals surface area contributed by atoms with Gasteiger partial charge in [-0.05, 0) is 12.8 Å². The van der Waals surface area contributed by atoms with Crippen LogP contribution >= 0.6 is 0 Å². The zero-order chi connectivity index (χ0) is 14.8. The second-order valence-corrected chi connectivity index (χ2v) is 5.09. The summed E-state index contributed by atoms with van der Waals surface area (Å²) in [6.07, 6.45) is 3.51. The van der Waals surface area contributed by atoms with E-state index in [4.69, 9.17) is 4.74 Å². The van der Waals surface area contributed by atoms with Gasteiger partial charge in [-0.25, -0.2) is 0 Å². The van der Waals surface area contributed by atoms with Crippen molar-refractivity contribution in [2.24, 2.45) is 0 Å². The standard InChI is InChI=1S/C17H26O3/c1-3-5-9-12-20-15(4-2)13-16(18)17(19)14-10-7-6-8-11-14/h6-8,10-11,15-16,18H,3-5,9,12-13H2,1-2H3. The minimum Gasteiger partial charge on any atom is -0.385 e. The van der Waals surface area contributed by atoms with E-state index in [1.54, 1.807) is 24.3 Å². The molecule has 0 aliphatic carbocycles. The van der Waals surface area contributed by atoms with Crippen molar-refractivity contribution in [3.8, 4) is 0 Å². The van der Waals surface area contributed by atoms with Crippen LogP contribution in [0.3, 0.4) is 0 Å². The fraction of sp³-hybridized carbons (Fsp3) is 0.588. The first-order valence-corrected chi connectivity index (χ1v) is 7.58. The number of ether oxygens (including phenoxy) is 1. The molecule has 0 saturated heterocycles. The van der Waals surface area contributed by atoms with Gasteiger partial charge in [-0.3, -0.25) is 4.79 Å². The van der Waals surface area contributed by atoms with Crippen LogP contribution in [-0.4, -0.2) is 29.7 Å². The first-order chi connectivity index (χ1) is 9.69. The molecule has 1 N–H and O–H groups in total. The van der Waals surface area contributed by atoms with Gasteiger partial charge in [-0.1, -0.05) is 57.0 Å². The van der Waals surface area contributed by atoms with Gasteiger partial charge in [0.25, 0.3) is 0 Å². The zero-order valence-corrected chi connectivity index (χ0v) is 12.5. The van der Waals surface area contributed by atoms with Crippen LogP contribution in [0.2, 0.25) is 0 Å². The summed E-state index contributed by atoms with van der Waals surface area (Å²) in [5, 5.41) is 10.0. The number of benzene rings is 1. The Bertz CT molecular complexity index is 375. The van der Waals surface area contributed by atoms with Gasteiger partial charge in [0.05, 0.1) is 6.10 Å². The molecule has 20 heavy (non-hydrogen) atoms. The number of Topliss-reactive ketones (excluding diaryl/α,β-unsaturated/α-hetero) is 1. The number of rotatable bonds is 10. The third-order valence-corrected chi connectivity index (χ3v) is 3.40. The molecular weight excluding hydrogens is 252 g/mol. The van der Waals surface area contributed by atoms with Gasteiger partial charge in [0, 0.05) is 18.6 Å². The van der Waals surface area contributed by atoms with Crippen LogP contribution in [-0.2, 0) is 4.74 Å². The van der Waals surface area contributed by atoms with E-state index in [0.717, 1.165) is 25.7 Å². The Morgan fingerprint density at radius 3 is 2.50 bits per heavy atom. The third-order valence-electron chi connectivity index (χ3n) is 3.40. The highest BCUT2D eigenvalue weighted by Crippen LogP contribution is 2.13. The molecular formula is C17H26O3. The molecule has 0 aliphatic heterocycles. The Kier molecular flexibility index (Phi) is 8.16. The van der Waals surface area contributed by atoms with E-state index in [1.807, 2.05) is 13.0 Å². The van der Waals surface area contributed by atoms with E-state index in [2.05, 4.69) is 6.92 Å². The number of ketones is 1. The Hall–Kier alpha value is -1.19. The molecule has 2 unspecified atom stereocenters. The maximum absolute atomic E-state index is 12.1. The zero-order valence-electron chi connectivity index (χ0n) is 12.5. The molecule has 1 aromatic carbocycles. The van der Waals surface area contributed by atoms with Gasteiger partial charge in [-0.2, -0.15) is 0 Å². The molecule has 0 amide bonds. The lowest BCUT2D eigenvalue weighted by atomic mass is 10.0. The molecule has 0 spiro atoms. The molecule has 3 heteroatoms. The molecule has 0 bridgehead atoms. The predicted molar refractivity (Wildman–Crippen MR) is 81.0 cm³/mol. The van der Waals surface area contributed by atoms with Crippen molar-refractivity contribution in [2.45, 2.75) is 58.2 Å². The Morgan fingerprint density at radius 2 is 1.90 bits per heavy atom. The Labute approximate surface area is 122 Å². The van der Waals surface area contributed by atoms with Crippen LogP contribution in [0.4, 0.5) is 0 Å². The third kappa shape index (κ3) is 5.85. The Balaban J connectivity index is 2.42. The quantitative estimate of drug-likeness (QED) is 0.525. The van der Waals surface area contributed by atoms with E-state index < -0.39 is 6.10 Å². The SMILES string of the molecule is CCCCCOC(CC)CC(O)C(=O)c1ccccc1. The fourth-order valence-corrected chi connectivity index (χ4v) is 2.11. The summed E-state index contributed by atoms with van der Waals surface area (Å²) in [7, 11) is 0. The first-order valence-electron chi connectivity index (χ1n) is 7.58. The number of hydrogen-bond acceptors (Lipinski definition) is 3. The summed E-state index contributed by atoms with van der Waals surface area (Å²) in [6.45, 7) is 4.88. The molecule has 0 heterocycles. The van der Waals surface area contributed by atoms with E-state index in [1.165, 1.54) is 0 Å². The summed E-state index contributed by atoms with van der Waals surface area (Å²) in [5.74, 6) is -0.221. The smallest absolute Gasteiger partial charge is 0.191 e. The molecule has 0 aliphatic rings. The second-order valence-electron chi connectivity index (χ2n) is 5.09. The van der Waals surface area contributed by atoms with E-state index in [9.17, 15) is 9.90 Å². The molecule has 1 rings (SSSR count). The van der Waals surface area contributed by atoms with Crippen LogP contribution in [0.5, 0.6) is 0 Å². The van der Waals surface area contributed by atoms with Crippen molar-refractivity contribution < 1.29 is 14.6 Å². The van der Waals surface area contributed by atoms with E-state index in [-0.39, 0.29) is 11.9 Å². The van der Waals surface area contributed by atoms with Gasteiger partial charge < -0.3 is 9.84 Å². The van der Waals surface area contributed by atoms with E-state index >= 15 is 0 Å². The molecule has 0 fully saturated rings. The molecule has 112 valence electrons. The number of unbranched alkanes of at least 4 members (excludes halogenated alkanes) is 2. The summed E-state index contributed by atoms with van der Waals surface area (Å²) in [5.41, 5.74) is 0.556. The number of carbonyl (C=O) groups excluding carboxylic acids is 1. The normalized spacial score (nSPS) is 13.9. The monoisotopic (exact) mass is 278 g/mol. The highest BCUT2D eigenvalue weighted by molar-refractivity contribution is 5.99. The van der Waals surface area contributed by atoms with Crippen molar-refractivity contribution in [1.82, 2.24) is 0 Å². The van der Waals surface area contributed by atoms with Gasteiger partial charge in [-0.15, -0.1) is 0 Å². The van der Waals surface area contributed by atoms with Gasteiger partial charge in [0.1, 0.15) is 6.10 Å². The van der Waals surface area contributed by atoms with Crippen LogP contribution in [0, 0.1) is 0 Å². The van der Waals surface area contributed by atoms with Crippen molar-refractivity contribution in [3.63, 3.8) is 0 Å². The first kappa shape index (κ1) is 16.9. The average Bonchev–Trinajstić information content (AvgIpc) is 2.50. The number of aliphatic hydroxyl groups is 1. The van der Waals surface area contributed by atoms with Crippen molar-refractivity contribution in [2.75, 3.05) is 6.61 Å². The fourth-order valence-electron chi connectivity index (χ4n) is 2.11. The summed E-state index contributed by atoms with van der Waals surface area (Å²) >= 11 is 0. The lowest BCUT2D eigenvalue weighted by molar-refractivity contribution is 0.0118. The number of carbonyl (C=O) groups is 1. The molecule has 0 radical (unpaired) electrons. The highest BCUT2D eigenvalue weighted by atomic mass is 16.5. The van der Waals surface area contributed by atoms with Crippen LogP contribution < -0.4 is 0 Å². The molecule has 2 atom stereocenters. The minimum atomic E-state index is -0.978. The predicted octanol–water partition coefficient (Wildman–Crippen LogP) is 3.61. The van der Waals surface area contributed by atoms with Crippen molar-refractivity contribution in [1.29, 1.82) is 0 Å². The van der Waals surface area contributed by atoms with Crippen LogP contribution in [0.25, 0.3) is 0 Å². The lowest BCUT2D eigenvalue weighted by Crippen LogP contribution is -2.27. The topological polar surface area (TPSA) is 46.5 Å². The average molecular weight is 278 g/mol. The minimum absolute atomic E-state index is 0.0467.